The molecule has 0 aliphatic heterocycles. The molecule has 0 N–H and O–H groups in total. The summed E-state index contributed by atoms with van der Waals surface area (Å²) in [6.45, 7) is 5.27. The lowest BCUT2D eigenvalue weighted by molar-refractivity contribution is 0.586. The van der Waals surface area contributed by atoms with Crippen molar-refractivity contribution in [3.05, 3.63) is 24.0 Å². The zero-order valence-corrected chi connectivity index (χ0v) is 11.7. The number of nitriles is 1. The summed E-state index contributed by atoms with van der Waals surface area (Å²) in [5.74, 6) is 0.0461. The van der Waals surface area contributed by atoms with E-state index in [2.05, 4.69) is 11.1 Å². The molecule has 98 valence electrons. The SMILES string of the molecule is CC[C@@H](CC#N)c1cncc(S(=O)(=O)C(C)C)c1. The third-order valence-corrected chi connectivity index (χ3v) is 5.11. The van der Waals surface area contributed by atoms with Crippen LogP contribution in [0.15, 0.2) is 23.4 Å². The van der Waals surface area contributed by atoms with Crippen molar-refractivity contribution in [2.24, 2.45) is 0 Å². The molecule has 0 spiro atoms. The maximum atomic E-state index is 12.0. The van der Waals surface area contributed by atoms with Gasteiger partial charge >= 0.3 is 0 Å². The molecule has 1 aromatic rings. The van der Waals surface area contributed by atoms with Crippen LogP contribution in [-0.2, 0) is 9.84 Å². The minimum Gasteiger partial charge on any atom is -0.263 e. The van der Waals surface area contributed by atoms with Crippen LogP contribution in [0.25, 0.3) is 0 Å². The zero-order valence-electron chi connectivity index (χ0n) is 10.9. The van der Waals surface area contributed by atoms with E-state index in [4.69, 9.17) is 5.26 Å². The van der Waals surface area contributed by atoms with Crippen molar-refractivity contribution in [1.29, 1.82) is 5.26 Å². The number of hydrogen-bond donors (Lipinski definition) is 0. The molecule has 18 heavy (non-hydrogen) atoms. The molecule has 0 radical (unpaired) electrons. The van der Waals surface area contributed by atoms with Gasteiger partial charge in [-0.3, -0.25) is 4.98 Å². The highest BCUT2D eigenvalue weighted by molar-refractivity contribution is 7.92. The Morgan fingerprint density at radius 2 is 2.06 bits per heavy atom. The molecule has 1 aromatic heterocycles. The molecule has 0 bridgehead atoms. The van der Waals surface area contributed by atoms with E-state index < -0.39 is 15.1 Å². The van der Waals surface area contributed by atoms with E-state index >= 15 is 0 Å². The number of nitrogens with zero attached hydrogens (tertiary/aromatic N) is 2. The van der Waals surface area contributed by atoms with E-state index in [1.807, 2.05) is 6.92 Å². The molecule has 0 saturated carbocycles. The third-order valence-electron chi connectivity index (χ3n) is 2.99. The highest BCUT2D eigenvalue weighted by Gasteiger charge is 2.21. The van der Waals surface area contributed by atoms with E-state index in [0.717, 1.165) is 12.0 Å². The minimum atomic E-state index is -3.30. The largest absolute Gasteiger partial charge is 0.263 e. The highest BCUT2D eigenvalue weighted by Crippen LogP contribution is 2.25. The fourth-order valence-electron chi connectivity index (χ4n) is 1.69. The highest BCUT2D eigenvalue weighted by atomic mass is 32.2. The Bertz CT molecular complexity index is 544. The lowest BCUT2D eigenvalue weighted by Gasteiger charge is -2.13. The maximum absolute atomic E-state index is 12.0. The van der Waals surface area contributed by atoms with Crippen LogP contribution in [0.1, 0.15) is 45.1 Å². The van der Waals surface area contributed by atoms with Gasteiger partial charge in [0.15, 0.2) is 9.84 Å². The van der Waals surface area contributed by atoms with Crippen molar-refractivity contribution in [3.8, 4) is 6.07 Å². The molecule has 4 nitrogen and oxygen atoms in total. The monoisotopic (exact) mass is 266 g/mol. The summed E-state index contributed by atoms with van der Waals surface area (Å²) < 4.78 is 24.1. The van der Waals surface area contributed by atoms with Crippen molar-refractivity contribution in [2.45, 2.75) is 49.7 Å². The summed E-state index contributed by atoms with van der Waals surface area (Å²) in [5, 5.41) is 8.29. The van der Waals surface area contributed by atoms with Gasteiger partial charge < -0.3 is 0 Å². The maximum Gasteiger partial charge on any atom is 0.182 e. The van der Waals surface area contributed by atoms with Crippen LogP contribution in [0.4, 0.5) is 0 Å². The zero-order chi connectivity index (χ0) is 13.8. The van der Waals surface area contributed by atoms with Crippen LogP contribution in [0, 0.1) is 11.3 Å². The number of rotatable bonds is 5. The summed E-state index contributed by atoms with van der Waals surface area (Å²) in [6.07, 6.45) is 4.19. The quantitative estimate of drug-likeness (QED) is 0.821. The molecular formula is C13H18N2O2S. The van der Waals surface area contributed by atoms with Crippen LogP contribution < -0.4 is 0 Å². The van der Waals surface area contributed by atoms with Crippen molar-refractivity contribution >= 4 is 9.84 Å². The lowest BCUT2D eigenvalue weighted by atomic mass is 9.95. The van der Waals surface area contributed by atoms with Crippen molar-refractivity contribution in [3.63, 3.8) is 0 Å². The third kappa shape index (κ3) is 3.08. The smallest absolute Gasteiger partial charge is 0.182 e. The summed E-state index contributed by atoms with van der Waals surface area (Å²) in [5.41, 5.74) is 0.820. The average Bonchev–Trinajstić information content (AvgIpc) is 2.35. The molecule has 0 aromatic carbocycles. The Labute approximate surface area is 109 Å². The normalized spacial score (nSPS) is 13.3. The minimum absolute atomic E-state index is 0.0461. The standard InChI is InChI=1S/C13H18N2O2S/c1-4-11(5-6-14)12-7-13(9-15-8-12)18(16,17)10(2)3/h7-11H,4-5H2,1-3H3/t11-/m0/s1. The van der Waals surface area contributed by atoms with Gasteiger partial charge in [0, 0.05) is 18.8 Å². The predicted octanol–water partition coefficient (Wildman–Crippen LogP) is 2.67. The second-order valence-corrected chi connectivity index (χ2v) is 7.02. The van der Waals surface area contributed by atoms with Gasteiger partial charge in [-0.05, 0) is 37.8 Å². The van der Waals surface area contributed by atoms with Crippen LogP contribution >= 0.6 is 0 Å². The van der Waals surface area contributed by atoms with Crippen LogP contribution in [0.2, 0.25) is 0 Å². The molecular weight excluding hydrogens is 248 g/mol. The van der Waals surface area contributed by atoms with Crippen molar-refractivity contribution < 1.29 is 8.42 Å². The molecule has 0 fully saturated rings. The Kier molecular flexibility index (Phi) is 4.85. The fourth-order valence-corrected chi connectivity index (χ4v) is 2.75. The first-order valence-electron chi connectivity index (χ1n) is 5.99. The number of aromatic nitrogens is 1. The molecule has 1 rings (SSSR count). The Morgan fingerprint density at radius 3 is 2.56 bits per heavy atom. The van der Waals surface area contributed by atoms with Gasteiger partial charge in [-0.2, -0.15) is 5.26 Å². The van der Waals surface area contributed by atoms with Gasteiger partial charge in [-0.15, -0.1) is 0 Å². The second kappa shape index (κ2) is 5.96. The summed E-state index contributed by atoms with van der Waals surface area (Å²) in [7, 11) is -3.30. The molecule has 0 amide bonds. The summed E-state index contributed by atoms with van der Waals surface area (Å²) in [4.78, 5) is 4.24. The molecule has 5 heteroatoms. The molecule has 0 unspecified atom stereocenters. The summed E-state index contributed by atoms with van der Waals surface area (Å²) in [6, 6.07) is 3.77. The molecule has 1 atom stereocenters. The van der Waals surface area contributed by atoms with Gasteiger partial charge in [-0.1, -0.05) is 6.92 Å². The first-order chi connectivity index (χ1) is 8.43. The van der Waals surface area contributed by atoms with E-state index in [-0.39, 0.29) is 10.8 Å². The van der Waals surface area contributed by atoms with Gasteiger partial charge in [-0.25, -0.2) is 8.42 Å². The van der Waals surface area contributed by atoms with Crippen LogP contribution in [0.5, 0.6) is 0 Å². The average molecular weight is 266 g/mol. The van der Waals surface area contributed by atoms with E-state index in [1.165, 1.54) is 6.20 Å². The number of hydrogen-bond acceptors (Lipinski definition) is 4. The van der Waals surface area contributed by atoms with Gasteiger partial charge in [0.2, 0.25) is 0 Å². The Balaban J connectivity index is 3.18. The van der Waals surface area contributed by atoms with Gasteiger partial charge in [0.05, 0.1) is 16.2 Å². The first kappa shape index (κ1) is 14.7. The molecule has 0 aliphatic carbocycles. The number of pyridine rings is 1. The topological polar surface area (TPSA) is 70.8 Å². The fraction of sp³-hybridized carbons (Fsp3) is 0.538. The molecule has 0 aliphatic rings. The predicted molar refractivity (Wildman–Crippen MR) is 69.8 cm³/mol. The Morgan fingerprint density at radius 1 is 1.39 bits per heavy atom. The van der Waals surface area contributed by atoms with E-state index in [0.29, 0.717) is 6.42 Å². The number of sulfone groups is 1. The lowest BCUT2D eigenvalue weighted by Crippen LogP contribution is -2.14. The Hall–Kier alpha value is -1.41. The van der Waals surface area contributed by atoms with Crippen molar-refractivity contribution in [1.82, 2.24) is 4.98 Å². The first-order valence-corrected chi connectivity index (χ1v) is 7.53. The van der Waals surface area contributed by atoms with E-state index in [1.54, 1.807) is 26.1 Å². The molecule has 0 saturated heterocycles. The van der Waals surface area contributed by atoms with Gasteiger partial charge in [0.1, 0.15) is 0 Å². The van der Waals surface area contributed by atoms with Crippen LogP contribution in [0.3, 0.4) is 0 Å². The second-order valence-electron chi connectivity index (χ2n) is 4.52. The molecule has 1 heterocycles. The van der Waals surface area contributed by atoms with E-state index in [9.17, 15) is 8.42 Å². The van der Waals surface area contributed by atoms with Crippen molar-refractivity contribution in [2.75, 3.05) is 0 Å². The van der Waals surface area contributed by atoms with Crippen LogP contribution in [-0.4, -0.2) is 18.7 Å². The summed E-state index contributed by atoms with van der Waals surface area (Å²) >= 11 is 0. The van der Waals surface area contributed by atoms with Gasteiger partial charge in [0.25, 0.3) is 0 Å².